The minimum Gasteiger partial charge on any atom is -0.477 e. The Kier molecular flexibility index (Phi) is 5.08. The lowest BCUT2D eigenvalue weighted by Gasteiger charge is -2.10. The fourth-order valence-corrected chi connectivity index (χ4v) is 4.35. The van der Waals surface area contributed by atoms with E-state index in [0.717, 1.165) is 17.9 Å². The molecule has 6 nitrogen and oxygen atoms in total. The number of aliphatic carboxylic acids is 1. The molecule has 0 unspecified atom stereocenters. The molecule has 0 fully saturated rings. The predicted molar refractivity (Wildman–Crippen MR) is 92.2 cm³/mol. The number of thiophene rings is 1. The molecule has 0 amide bonds. The molecule has 2 N–H and O–H groups in total. The second-order valence-electron chi connectivity index (χ2n) is 5.06. The molecule has 1 aromatic heterocycles. The van der Waals surface area contributed by atoms with Crippen molar-refractivity contribution >= 4 is 41.1 Å². The summed E-state index contributed by atoms with van der Waals surface area (Å²) in [7, 11) is 1.29. The highest BCUT2D eigenvalue weighted by Gasteiger charge is 2.21. The van der Waals surface area contributed by atoms with Gasteiger partial charge in [0.25, 0.3) is 0 Å². The molecule has 126 valence electrons. The minimum absolute atomic E-state index is 0.00340. The van der Waals surface area contributed by atoms with E-state index in [9.17, 15) is 9.59 Å². The first-order valence-electron chi connectivity index (χ1n) is 7.15. The van der Waals surface area contributed by atoms with Crippen molar-refractivity contribution < 1.29 is 24.2 Å². The van der Waals surface area contributed by atoms with Crippen LogP contribution in [0.4, 0.5) is 0 Å². The Bertz CT molecular complexity index is 752. The van der Waals surface area contributed by atoms with Crippen LogP contribution in [-0.4, -0.2) is 30.8 Å². The summed E-state index contributed by atoms with van der Waals surface area (Å²) in [5.74, 6) is -1.61. The number of carboxylic acid groups (broad SMARTS) is 1. The lowest BCUT2D eigenvalue weighted by Crippen LogP contribution is -2.15. The van der Waals surface area contributed by atoms with Gasteiger partial charge < -0.3 is 19.9 Å². The van der Waals surface area contributed by atoms with E-state index < -0.39 is 11.9 Å². The number of carboxylic acids is 1. The lowest BCUT2D eigenvalue weighted by molar-refractivity contribution is -0.136. The smallest absolute Gasteiger partial charge is 0.352 e. The molecular formula is C16H15NO5S2. The van der Waals surface area contributed by atoms with Gasteiger partial charge in [0.2, 0.25) is 0 Å². The Hall–Kier alpha value is -2.03. The average molecular weight is 365 g/mol. The van der Waals surface area contributed by atoms with Gasteiger partial charge in [0, 0.05) is 32.7 Å². The van der Waals surface area contributed by atoms with Crippen LogP contribution in [0.25, 0.3) is 6.08 Å². The predicted octanol–water partition coefficient (Wildman–Crippen LogP) is 2.48. The highest BCUT2D eigenvalue weighted by Crippen LogP contribution is 2.34. The molecule has 3 heterocycles. The zero-order valence-electron chi connectivity index (χ0n) is 12.8. The van der Waals surface area contributed by atoms with Crippen LogP contribution in [0.1, 0.15) is 15.3 Å². The highest BCUT2D eigenvalue weighted by molar-refractivity contribution is 8.06. The molecule has 0 radical (unpaired) electrons. The van der Waals surface area contributed by atoms with E-state index in [1.807, 2.05) is 12.1 Å². The molecule has 8 heteroatoms. The first-order valence-corrected chi connectivity index (χ1v) is 8.84. The molecule has 2 aliphatic rings. The third-order valence-electron chi connectivity index (χ3n) is 3.50. The van der Waals surface area contributed by atoms with Crippen LogP contribution in [0, 0.1) is 0 Å². The maximum absolute atomic E-state index is 12.0. The third kappa shape index (κ3) is 3.55. The summed E-state index contributed by atoms with van der Waals surface area (Å²) in [4.78, 5) is 26.1. The maximum Gasteiger partial charge on any atom is 0.352 e. The number of esters is 1. The van der Waals surface area contributed by atoms with E-state index in [1.165, 1.54) is 40.9 Å². The summed E-state index contributed by atoms with van der Waals surface area (Å²) in [6, 6.07) is 2.04. The van der Waals surface area contributed by atoms with E-state index >= 15 is 0 Å². The van der Waals surface area contributed by atoms with Gasteiger partial charge in [-0.15, -0.1) is 11.3 Å². The Morgan fingerprint density at radius 1 is 1.46 bits per heavy atom. The van der Waals surface area contributed by atoms with Crippen LogP contribution >= 0.6 is 23.1 Å². The summed E-state index contributed by atoms with van der Waals surface area (Å²) >= 11 is 2.83. The molecule has 0 aliphatic carbocycles. The van der Waals surface area contributed by atoms with Crippen molar-refractivity contribution in [2.45, 2.75) is 13.0 Å². The second kappa shape index (κ2) is 7.25. The van der Waals surface area contributed by atoms with Gasteiger partial charge in [-0.05, 0) is 17.7 Å². The van der Waals surface area contributed by atoms with E-state index in [1.54, 1.807) is 11.3 Å². The number of carbonyl (C=O) groups excluding carboxylic acids is 1. The zero-order valence-corrected chi connectivity index (χ0v) is 14.5. The summed E-state index contributed by atoms with van der Waals surface area (Å²) in [6.07, 6.45) is 4.13. The van der Waals surface area contributed by atoms with Crippen LogP contribution in [-0.2, 0) is 32.1 Å². The van der Waals surface area contributed by atoms with Crippen molar-refractivity contribution in [2.24, 2.45) is 0 Å². The Balaban J connectivity index is 1.96. The van der Waals surface area contributed by atoms with Gasteiger partial charge >= 0.3 is 11.9 Å². The van der Waals surface area contributed by atoms with E-state index in [4.69, 9.17) is 14.6 Å². The Labute approximate surface area is 146 Å². The summed E-state index contributed by atoms with van der Waals surface area (Å²) in [5.41, 5.74) is 1.46. The van der Waals surface area contributed by atoms with Crippen molar-refractivity contribution in [3.8, 4) is 0 Å². The summed E-state index contributed by atoms with van der Waals surface area (Å²) in [5, 5.41) is 13.2. The van der Waals surface area contributed by atoms with E-state index in [-0.39, 0.29) is 11.3 Å². The van der Waals surface area contributed by atoms with Gasteiger partial charge in [0.1, 0.15) is 5.70 Å². The second-order valence-corrected chi connectivity index (χ2v) is 7.14. The monoisotopic (exact) mass is 365 g/mol. The lowest BCUT2D eigenvalue weighted by atomic mass is 10.2. The molecule has 2 aliphatic heterocycles. The van der Waals surface area contributed by atoms with Crippen LogP contribution in [0.5, 0.6) is 0 Å². The van der Waals surface area contributed by atoms with Crippen molar-refractivity contribution in [1.29, 1.82) is 0 Å². The van der Waals surface area contributed by atoms with Gasteiger partial charge in [0.15, 0.2) is 0 Å². The number of rotatable bonds is 3. The molecule has 0 aromatic carbocycles. The number of methoxy groups -OCH3 is 1. The number of ether oxygens (including phenoxy) is 2. The first kappa shape index (κ1) is 16.8. The zero-order chi connectivity index (χ0) is 17.1. The van der Waals surface area contributed by atoms with Crippen LogP contribution < -0.4 is 5.32 Å². The average Bonchev–Trinajstić information content (AvgIpc) is 2.86. The number of nitrogens with one attached hydrogen (secondary N) is 1. The van der Waals surface area contributed by atoms with Crippen molar-refractivity contribution in [3.05, 3.63) is 49.2 Å². The first-order chi connectivity index (χ1) is 11.6. The molecule has 3 rings (SSSR count). The van der Waals surface area contributed by atoms with Crippen LogP contribution in [0.3, 0.4) is 0 Å². The van der Waals surface area contributed by atoms with Crippen LogP contribution in [0.2, 0.25) is 0 Å². The van der Waals surface area contributed by atoms with Crippen molar-refractivity contribution in [1.82, 2.24) is 5.32 Å². The number of thioether (sulfide) groups is 1. The van der Waals surface area contributed by atoms with Crippen molar-refractivity contribution in [3.63, 3.8) is 0 Å². The topological polar surface area (TPSA) is 84.9 Å². The molecule has 0 bridgehead atoms. The molecule has 0 spiro atoms. The van der Waals surface area contributed by atoms with Crippen molar-refractivity contribution in [2.75, 3.05) is 13.7 Å². The SMILES string of the molecule is COC(=O)C1=CNC(C(=O)O)=CS/C1=C/c1cc2c(s1)CCOC2. The Morgan fingerprint density at radius 3 is 3.00 bits per heavy atom. The standard InChI is InChI=1S/C16H15NO5S2/c1-21-16(20)11-6-17-12(15(18)19)8-23-14(11)5-10-4-9-7-22-3-2-13(9)24-10/h4-6,8,17H,2-3,7H2,1H3,(H,18,19)/b14-5+. The summed E-state index contributed by atoms with van der Waals surface area (Å²) < 4.78 is 10.2. The van der Waals surface area contributed by atoms with Gasteiger partial charge in [-0.25, -0.2) is 9.59 Å². The highest BCUT2D eigenvalue weighted by atomic mass is 32.2. The number of carbonyl (C=O) groups is 2. The number of fused-ring (bicyclic) bond motifs is 1. The van der Waals surface area contributed by atoms with E-state index in [0.29, 0.717) is 11.5 Å². The third-order valence-corrected chi connectivity index (χ3v) is 5.63. The number of hydrogen-bond donors (Lipinski definition) is 2. The molecule has 24 heavy (non-hydrogen) atoms. The number of hydrogen-bond acceptors (Lipinski definition) is 7. The largest absolute Gasteiger partial charge is 0.477 e. The quantitative estimate of drug-likeness (QED) is 0.796. The molecule has 0 saturated carbocycles. The van der Waals surface area contributed by atoms with Gasteiger partial charge in [-0.1, -0.05) is 11.8 Å². The minimum atomic E-state index is -1.09. The Morgan fingerprint density at radius 2 is 2.29 bits per heavy atom. The van der Waals surface area contributed by atoms with Crippen LogP contribution in [0.15, 0.2) is 33.8 Å². The van der Waals surface area contributed by atoms with Gasteiger partial charge in [0.05, 0.1) is 25.9 Å². The van der Waals surface area contributed by atoms with E-state index in [2.05, 4.69) is 5.32 Å². The molecular weight excluding hydrogens is 350 g/mol. The molecule has 0 atom stereocenters. The molecule has 1 aromatic rings. The maximum atomic E-state index is 12.0. The normalized spacial score (nSPS) is 18.8. The summed E-state index contributed by atoms with van der Waals surface area (Å²) in [6.45, 7) is 1.33. The molecule has 0 saturated heterocycles. The fraction of sp³-hybridized carbons (Fsp3) is 0.250. The van der Waals surface area contributed by atoms with Gasteiger partial charge in [-0.3, -0.25) is 0 Å². The van der Waals surface area contributed by atoms with Gasteiger partial charge in [-0.2, -0.15) is 0 Å². The fourth-order valence-electron chi connectivity index (χ4n) is 2.30.